The number of rotatable bonds is 8. The van der Waals surface area contributed by atoms with Gasteiger partial charge in [0.1, 0.15) is 6.04 Å². The van der Waals surface area contributed by atoms with Gasteiger partial charge in [0.2, 0.25) is 5.91 Å². The van der Waals surface area contributed by atoms with E-state index in [9.17, 15) is 9.59 Å². The molecule has 0 fully saturated rings. The maximum atomic E-state index is 12.0. The Morgan fingerprint density at radius 1 is 1.29 bits per heavy atom. The molecule has 0 radical (unpaired) electrons. The number of aliphatic carboxylic acids is 1. The van der Waals surface area contributed by atoms with Gasteiger partial charge < -0.3 is 10.4 Å². The van der Waals surface area contributed by atoms with Gasteiger partial charge in [-0.2, -0.15) is 0 Å². The van der Waals surface area contributed by atoms with E-state index in [-0.39, 0.29) is 17.1 Å². The van der Waals surface area contributed by atoms with E-state index in [4.69, 9.17) is 5.11 Å². The van der Waals surface area contributed by atoms with Crippen molar-refractivity contribution in [3.05, 3.63) is 0 Å². The molecule has 5 heteroatoms. The molecule has 0 bridgehead atoms. The van der Waals surface area contributed by atoms with Crippen LogP contribution in [0.4, 0.5) is 0 Å². The molecule has 0 spiro atoms. The zero-order chi connectivity index (χ0) is 13.4. The van der Waals surface area contributed by atoms with Gasteiger partial charge in [-0.05, 0) is 18.1 Å². The van der Waals surface area contributed by atoms with E-state index >= 15 is 0 Å². The predicted octanol–water partition coefficient (Wildman–Crippen LogP) is 2.13. The molecular formula is C12H23NO3S. The molecule has 1 amide bonds. The van der Waals surface area contributed by atoms with Crippen LogP contribution in [0.3, 0.4) is 0 Å². The number of carboxylic acid groups (broad SMARTS) is 1. The Morgan fingerprint density at radius 2 is 1.88 bits per heavy atom. The van der Waals surface area contributed by atoms with E-state index in [1.807, 2.05) is 27.7 Å². The molecule has 0 aliphatic heterocycles. The summed E-state index contributed by atoms with van der Waals surface area (Å²) in [7, 11) is 0. The second-order valence-corrected chi connectivity index (χ2v) is 5.73. The molecule has 100 valence electrons. The molecule has 0 aliphatic carbocycles. The van der Waals surface area contributed by atoms with Crippen LogP contribution in [0.15, 0.2) is 0 Å². The van der Waals surface area contributed by atoms with Gasteiger partial charge >= 0.3 is 5.97 Å². The molecule has 17 heavy (non-hydrogen) atoms. The lowest BCUT2D eigenvalue weighted by molar-refractivity contribution is -0.142. The average Bonchev–Trinajstić information content (AvgIpc) is 2.24. The van der Waals surface area contributed by atoms with Crippen LogP contribution >= 0.6 is 11.8 Å². The number of carboxylic acids is 1. The molecule has 0 aromatic rings. The van der Waals surface area contributed by atoms with Crippen molar-refractivity contribution in [3.63, 3.8) is 0 Å². The number of hydrogen-bond donors (Lipinski definition) is 2. The summed E-state index contributed by atoms with van der Waals surface area (Å²) in [6, 6.07) is -0.758. The summed E-state index contributed by atoms with van der Waals surface area (Å²) in [6.07, 6.45) is 1.22. The van der Waals surface area contributed by atoms with E-state index in [0.29, 0.717) is 6.42 Å². The number of carbonyl (C=O) groups is 2. The van der Waals surface area contributed by atoms with Gasteiger partial charge in [-0.25, -0.2) is 4.79 Å². The first-order valence-electron chi connectivity index (χ1n) is 6.08. The van der Waals surface area contributed by atoms with Gasteiger partial charge in [-0.15, -0.1) is 11.8 Å². The van der Waals surface area contributed by atoms with Gasteiger partial charge in [0, 0.05) is 0 Å². The first-order chi connectivity index (χ1) is 7.93. The maximum Gasteiger partial charge on any atom is 0.326 e. The Balaban J connectivity index is 4.50. The standard InChI is InChI=1S/C12H23NO3S/c1-5-7-9(12(15)16)13-11(14)10(8(3)4)17-6-2/h8-10H,5-7H2,1-4H3,(H,13,14)(H,15,16). The van der Waals surface area contributed by atoms with Crippen molar-refractivity contribution in [1.29, 1.82) is 0 Å². The van der Waals surface area contributed by atoms with Crippen molar-refractivity contribution < 1.29 is 14.7 Å². The lowest BCUT2D eigenvalue weighted by Crippen LogP contribution is -2.45. The predicted molar refractivity (Wildman–Crippen MR) is 71.2 cm³/mol. The Morgan fingerprint density at radius 3 is 2.24 bits per heavy atom. The summed E-state index contributed by atoms with van der Waals surface area (Å²) in [5.41, 5.74) is 0. The van der Waals surface area contributed by atoms with Gasteiger partial charge in [0.15, 0.2) is 0 Å². The fourth-order valence-electron chi connectivity index (χ4n) is 1.55. The molecule has 0 rings (SSSR count). The van der Waals surface area contributed by atoms with Crippen LogP contribution < -0.4 is 5.32 Å². The van der Waals surface area contributed by atoms with Crippen LogP contribution in [-0.2, 0) is 9.59 Å². The lowest BCUT2D eigenvalue weighted by Gasteiger charge is -2.22. The molecule has 4 nitrogen and oxygen atoms in total. The lowest BCUT2D eigenvalue weighted by atomic mass is 10.1. The van der Waals surface area contributed by atoms with Crippen LogP contribution in [0.25, 0.3) is 0 Å². The number of thioether (sulfide) groups is 1. The highest BCUT2D eigenvalue weighted by Gasteiger charge is 2.26. The number of nitrogens with one attached hydrogen (secondary N) is 1. The van der Waals surface area contributed by atoms with Crippen LogP contribution in [-0.4, -0.2) is 34.0 Å². The monoisotopic (exact) mass is 261 g/mol. The molecule has 2 unspecified atom stereocenters. The molecule has 0 aromatic carbocycles. The minimum atomic E-state index is -0.954. The molecule has 0 saturated carbocycles. The second kappa shape index (κ2) is 8.39. The minimum Gasteiger partial charge on any atom is -0.480 e. The summed E-state index contributed by atoms with van der Waals surface area (Å²) in [6.45, 7) is 7.85. The highest BCUT2D eigenvalue weighted by molar-refractivity contribution is 8.00. The minimum absolute atomic E-state index is 0.160. The van der Waals surface area contributed by atoms with Crippen molar-refractivity contribution in [2.75, 3.05) is 5.75 Å². The van der Waals surface area contributed by atoms with E-state index < -0.39 is 12.0 Å². The summed E-state index contributed by atoms with van der Waals surface area (Å²) < 4.78 is 0. The zero-order valence-corrected chi connectivity index (χ0v) is 11.8. The quantitative estimate of drug-likeness (QED) is 0.702. The number of hydrogen-bond acceptors (Lipinski definition) is 3. The van der Waals surface area contributed by atoms with E-state index in [0.717, 1.165) is 12.2 Å². The second-order valence-electron chi connectivity index (χ2n) is 4.31. The topological polar surface area (TPSA) is 66.4 Å². The summed E-state index contributed by atoms with van der Waals surface area (Å²) in [4.78, 5) is 22.9. The smallest absolute Gasteiger partial charge is 0.326 e. The van der Waals surface area contributed by atoms with Gasteiger partial charge in [-0.3, -0.25) is 4.79 Å². The van der Waals surface area contributed by atoms with Crippen LogP contribution in [0.1, 0.15) is 40.5 Å². The molecule has 0 saturated heterocycles. The molecule has 0 aliphatic rings. The molecular weight excluding hydrogens is 238 g/mol. The van der Waals surface area contributed by atoms with E-state index in [1.54, 1.807) is 11.8 Å². The Labute approximate surface area is 108 Å². The van der Waals surface area contributed by atoms with E-state index in [2.05, 4.69) is 5.32 Å². The number of amides is 1. The molecule has 0 heterocycles. The Bertz CT molecular complexity index is 256. The first-order valence-corrected chi connectivity index (χ1v) is 7.13. The summed E-state index contributed by atoms with van der Waals surface area (Å²) in [5, 5.41) is 11.4. The van der Waals surface area contributed by atoms with Crippen molar-refractivity contribution in [2.24, 2.45) is 5.92 Å². The normalized spacial score (nSPS) is 14.4. The van der Waals surface area contributed by atoms with Crippen molar-refractivity contribution in [1.82, 2.24) is 5.32 Å². The maximum absolute atomic E-state index is 12.0. The van der Waals surface area contributed by atoms with Crippen LogP contribution in [0.5, 0.6) is 0 Å². The van der Waals surface area contributed by atoms with Crippen molar-refractivity contribution in [3.8, 4) is 0 Å². The van der Waals surface area contributed by atoms with Crippen LogP contribution in [0, 0.1) is 5.92 Å². The molecule has 0 aromatic heterocycles. The molecule has 2 atom stereocenters. The van der Waals surface area contributed by atoms with Gasteiger partial charge in [0.05, 0.1) is 5.25 Å². The number of carbonyl (C=O) groups excluding carboxylic acids is 1. The highest BCUT2D eigenvalue weighted by Crippen LogP contribution is 2.19. The summed E-state index contributed by atoms with van der Waals surface area (Å²) >= 11 is 1.56. The Kier molecular flexibility index (Phi) is 8.04. The first kappa shape index (κ1) is 16.3. The third-order valence-corrected chi connectivity index (χ3v) is 3.85. The van der Waals surface area contributed by atoms with E-state index in [1.165, 1.54) is 0 Å². The third-order valence-electron chi connectivity index (χ3n) is 2.40. The SMILES string of the molecule is CCCC(NC(=O)C(SCC)C(C)C)C(=O)O. The zero-order valence-electron chi connectivity index (χ0n) is 11.0. The fraction of sp³-hybridized carbons (Fsp3) is 0.833. The van der Waals surface area contributed by atoms with Gasteiger partial charge in [-0.1, -0.05) is 34.1 Å². The Hall–Kier alpha value is -0.710. The third kappa shape index (κ3) is 5.96. The molecule has 2 N–H and O–H groups in total. The highest BCUT2D eigenvalue weighted by atomic mass is 32.2. The average molecular weight is 261 g/mol. The largest absolute Gasteiger partial charge is 0.480 e. The van der Waals surface area contributed by atoms with Gasteiger partial charge in [0.25, 0.3) is 0 Å². The van der Waals surface area contributed by atoms with Crippen molar-refractivity contribution in [2.45, 2.75) is 51.8 Å². The fourth-order valence-corrected chi connectivity index (χ4v) is 2.51. The summed E-state index contributed by atoms with van der Waals surface area (Å²) in [5.74, 6) is -0.0603. The van der Waals surface area contributed by atoms with Crippen LogP contribution in [0.2, 0.25) is 0 Å². The van der Waals surface area contributed by atoms with Crippen molar-refractivity contribution >= 4 is 23.6 Å².